The minimum absolute atomic E-state index is 0.0624. The van der Waals surface area contributed by atoms with Crippen molar-refractivity contribution in [1.29, 1.82) is 0 Å². The Morgan fingerprint density at radius 1 is 0.680 bits per heavy atom. The van der Waals surface area contributed by atoms with Crippen LogP contribution in [0.1, 0.15) is 130 Å². The average molecular weight is 716 g/mol. The van der Waals surface area contributed by atoms with Gasteiger partial charge in [0.15, 0.2) is 6.79 Å². The van der Waals surface area contributed by atoms with Crippen molar-refractivity contribution in [2.45, 2.75) is 152 Å². The maximum atomic E-state index is 6.65. The quantitative estimate of drug-likeness (QED) is 0.0780. The van der Waals surface area contributed by atoms with Gasteiger partial charge in [0.25, 0.3) is 0 Å². The highest BCUT2D eigenvalue weighted by molar-refractivity contribution is 8.18. The molecule has 50 heavy (non-hydrogen) atoms. The summed E-state index contributed by atoms with van der Waals surface area (Å²) in [4.78, 5) is 6.74. The maximum Gasteiger partial charge on any atom is 0.189 e. The summed E-state index contributed by atoms with van der Waals surface area (Å²) >= 11 is 3.89. The number of ether oxygens (including phenoxy) is 2. The lowest BCUT2D eigenvalue weighted by Gasteiger charge is -2.34. The van der Waals surface area contributed by atoms with Crippen LogP contribution in [0.3, 0.4) is 0 Å². The molecule has 0 spiro atoms. The standard InChI is InChI=1S/C43H61N3O2S2/c1-30-34(39(2,3)4)22-32(23-35(30)40(5,6)7)49-43(13,14)50-33-24-36(41(8,9)10)38(48-29-47-26-31-18-16-15-17-19-31)37(25-33)42(11,12)20-21-46-28-44-27-45-46/h15-19,22-25,27-28H,20-21,26,29H2,1-14H3. The van der Waals surface area contributed by atoms with Gasteiger partial charge in [0.2, 0.25) is 0 Å². The molecule has 3 aromatic carbocycles. The van der Waals surface area contributed by atoms with E-state index in [1.165, 1.54) is 37.6 Å². The summed E-state index contributed by atoms with van der Waals surface area (Å²) in [6, 6.07) is 19.8. The van der Waals surface area contributed by atoms with E-state index in [4.69, 9.17) is 9.47 Å². The molecule has 0 fully saturated rings. The molecule has 0 atom stereocenters. The number of aromatic nitrogens is 3. The van der Waals surface area contributed by atoms with Gasteiger partial charge in [0.05, 0.1) is 10.7 Å². The minimum Gasteiger partial charge on any atom is -0.467 e. The van der Waals surface area contributed by atoms with Crippen LogP contribution in [-0.2, 0) is 39.5 Å². The predicted octanol–water partition coefficient (Wildman–Crippen LogP) is 12.0. The predicted molar refractivity (Wildman–Crippen MR) is 214 cm³/mol. The summed E-state index contributed by atoms with van der Waals surface area (Å²) in [7, 11) is 0. The van der Waals surface area contributed by atoms with Gasteiger partial charge in [0, 0.05) is 27.5 Å². The first-order valence-electron chi connectivity index (χ1n) is 17.9. The highest BCUT2D eigenvalue weighted by atomic mass is 32.2. The Morgan fingerprint density at radius 3 is 1.70 bits per heavy atom. The molecule has 1 heterocycles. The number of rotatable bonds is 13. The van der Waals surface area contributed by atoms with Crippen LogP contribution < -0.4 is 4.74 Å². The van der Waals surface area contributed by atoms with Gasteiger partial charge < -0.3 is 9.47 Å². The maximum absolute atomic E-state index is 6.65. The van der Waals surface area contributed by atoms with Gasteiger partial charge in [-0.1, -0.05) is 106 Å². The molecule has 7 heteroatoms. The number of thioether (sulfide) groups is 2. The van der Waals surface area contributed by atoms with Gasteiger partial charge in [-0.3, -0.25) is 4.68 Å². The lowest BCUT2D eigenvalue weighted by molar-refractivity contribution is 0.00300. The normalized spacial score (nSPS) is 13.2. The van der Waals surface area contributed by atoms with Gasteiger partial charge in [-0.25, -0.2) is 4.98 Å². The molecule has 0 saturated carbocycles. The van der Waals surface area contributed by atoms with Crippen LogP contribution >= 0.6 is 23.5 Å². The molecule has 4 aromatic rings. The Hall–Kier alpha value is -2.74. The van der Waals surface area contributed by atoms with Crippen molar-refractivity contribution in [2.24, 2.45) is 0 Å². The molecule has 0 radical (unpaired) electrons. The van der Waals surface area contributed by atoms with Crippen LogP contribution in [0.4, 0.5) is 0 Å². The largest absolute Gasteiger partial charge is 0.467 e. The van der Waals surface area contributed by atoms with E-state index in [1.54, 1.807) is 12.7 Å². The van der Waals surface area contributed by atoms with E-state index in [0.29, 0.717) is 6.61 Å². The molecular weight excluding hydrogens is 655 g/mol. The zero-order chi connectivity index (χ0) is 37.1. The first-order chi connectivity index (χ1) is 23.1. The van der Waals surface area contributed by atoms with E-state index in [2.05, 4.69) is 143 Å². The topological polar surface area (TPSA) is 49.2 Å². The molecule has 0 aliphatic carbocycles. The molecule has 0 aliphatic heterocycles. The zero-order valence-electron chi connectivity index (χ0n) is 33.2. The molecule has 0 unspecified atom stereocenters. The third-order valence-corrected chi connectivity index (χ3v) is 11.6. The van der Waals surface area contributed by atoms with E-state index in [1.807, 2.05) is 46.4 Å². The molecule has 0 N–H and O–H groups in total. The lowest BCUT2D eigenvalue weighted by atomic mass is 9.77. The molecule has 0 saturated heterocycles. The Labute approximate surface area is 311 Å². The second-order valence-electron chi connectivity index (χ2n) is 17.7. The molecule has 0 amide bonds. The minimum atomic E-state index is -0.214. The summed E-state index contributed by atoms with van der Waals surface area (Å²) in [5.74, 6) is 0.923. The van der Waals surface area contributed by atoms with Crippen LogP contribution in [0.15, 0.2) is 77.0 Å². The average Bonchev–Trinajstić information content (AvgIpc) is 3.52. The summed E-state index contributed by atoms with van der Waals surface area (Å²) < 4.78 is 14.5. The molecular formula is C43H61N3O2S2. The van der Waals surface area contributed by atoms with Crippen molar-refractivity contribution in [2.75, 3.05) is 6.79 Å². The van der Waals surface area contributed by atoms with E-state index >= 15 is 0 Å². The fourth-order valence-corrected chi connectivity index (χ4v) is 9.07. The molecule has 5 nitrogen and oxygen atoms in total. The highest BCUT2D eigenvalue weighted by Crippen LogP contribution is 2.50. The summed E-state index contributed by atoms with van der Waals surface area (Å²) in [6.07, 6.45) is 4.27. The molecule has 0 bridgehead atoms. The second-order valence-corrected chi connectivity index (χ2v) is 21.4. The number of hydrogen-bond acceptors (Lipinski definition) is 6. The van der Waals surface area contributed by atoms with Gasteiger partial charge >= 0.3 is 0 Å². The van der Waals surface area contributed by atoms with Crippen molar-refractivity contribution >= 4 is 23.5 Å². The lowest BCUT2D eigenvalue weighted by Crippen LogP contribution is -2.25. The van der Waals surface area contributed by atoms with E-state index < -0.39 is 0 Å². The van der Waals surface area contributed by atoms with Crippen LogP contribution in [0.25, 0.3) is 0 Å². The van der Waals surface area contributed by atoms with Crippen molar-refractivity contribution < 1.29 is 9.47 Å². The van der Waals surface area contributed by atoms with E-state index in [9.17, 15) is 0 Å². The van der Waals surface area contributed by atoms with Crippen LogP contribution in [0.2, 0.25) is 0 Å². The zero-order valence-corrected chi connectivity index (χ0v) is 34.8. The van der Waals surface area contributed by atoms with Gasteiger partial charge in [-0.15, -0.1) is 23.5 Å². The number of nitrogens with zero attached hydrogens (tertiary/aromatic N) is 3. The van der Waals surface area contributed by atoms with Gasteiger partial charge in [-0.2, -0.15) is 5.10 Å². The van der Waals surface area contributed by atoms with Crippen LogP contribution in [0.5, 0.6) is 5.75 Å². The third-order valence-electron chi connectivity index (χ3n) is 9.15. The van der Waals surface area contributed by atoms with Crippen molar-refractivity contribution in [3.05, 3.63) is 101 Å². The van der Waals surface area contributed by atoms with Gasteiger partial charge in [0.1, 0.15) is 18.4 Å². The second kappa shape index (κ2) is 15.5. The Kier molecular flexibility index (Phi) is 12.4. The summed E-state index contributed by atoms with van der Waals surface area (Å²) in [5.41, 5.74) is 7.54. The van der Waals surface area contributed by atoms with Crippen LogP contribution in [-0.4, -0.2) is 25.6 Å². The Balaban J connectivity index is 1.73. The highest BCUT2D eigenvalue weighted by Gasteiger charge is 2.33. The Morgan fingerprint density at radius 2 is 1.20 bits per heavy atom. The molecule has 0 aliphatic rings. The smallest absolute Gasteiger partial charge is 0.189 e. The van der Waals surface area contributed by atoms with Gasteiger partial charge in [-0.05, 0) is 95.4 Å². The van der Waals surface area contributed by atoms with Crippen molar-refractivity contribution in [3.63, 3.8) is 0 Å². The first kappa shape index (κ1) is 40.0. The van der Waals surface area contributed by atoms with E-state index in [0.717, 1.165) is 24.3 Å². The van der Waals surface area contributed by atoms with Crippen molar-refractivity contribution in [3.8, 4) is 5.75 Å². The number of benzene rings is 3. The SMILES string of the molecule is Cc1c(C(C)(C)C)cc(SC(C)(C)Sc2cc(C(C)(C)C)c(OCOCc3ccccc3)c(C(C)(C)CCn3cncn3)c2)cc1C(C)(C)C. The third kappa shape index (κ3) is 10.6. The first-order valence-corrected chi connectivity index (χ1v) is 19.5. The monoisotopic (exact) mass is 715 g/mol. The fraction of sp³-hybridized carbons (Fsp3) is 0.535. The molecule has 1 aromatic heterocycles. The summed E-state index contributed by atoms with van der Waals surface area (Å²) in [6.45, 7) is 33.8. The number of aryl methyl sites for hydroxylation is 1. The fourth-order valence-electron chi connectivity index (χ4n) is 6.48. The van der Waals surface area contributed by atoms with E-state index in [-0.39, 0.29) is 32.5 Å². The van der Waals surface area contributed by atoms with Crippen LogP contribution in [0, 0.1) is 6.92 Å². The molecule has 272 valence electrons. The summed E-state index contributed by atoms with van der Waals surface area (Å²) in [5, 5.41) is 4.38. The number of hydrogen-bond donors (Lipinski definition) is 0. The van der Waals surface area contributed by atoms with Crippen molar-refractivity contribution in [1.82, 2.24) is 14.8 Å². The molecule has 4 rings (SSSR count). The Bertz CT molecular complexity index is 1670.